The van der Waals surface area contributed by atoms with Crippen LogP contribution in [0.3, 0.4) is 0 Å². The van der Waals surface area contributed by atoms with Gasteiger partial charge in [0.2, 0.25) is 0 Å². The van der Waals surface area contributed by atoms with Gasteiger partial charge in [0, 0.05) is 11.4 Å². The van der Waals surface area contributed by atoms with Gasteiger partial charge in [-0.25, -0.2) is 15.0 Å². The summed E-state index contributed by atoms with van der Waals surface area (Å²) >= 11 is 0. The lowest BCUT2D eigenvalue weighted by Crippen LogP contribution is -2.28. The number of carbonyl (C=O) groups excluding carboxylic acids is 1. The Labute approximate surface area is 145 Å². The van der Waals surface area contributed by atoms with E-state index in [-0.39, 0.29) is 12.5 Å². The van der Waals surface area contributed by atoms with Gasteiger partial charge in [-0.15, -0.1) is 0 Å². The first kappa shape index (κ1) is 16.7. The number of ether oxygens (including phenoxy) is 1. The highest BCUT2D eigenvalue weighted by molar-refractivity contribution is 5.86. The molecule has 0 spiro atoms. The van der Waals surface area contributed by atoms with Crippen LogP contribution in [-0.4, -0.2) is 37.6 Å². The molecule has 0 atom stereocenters. The number of nitrogens with zero attached hydrogens (tertiary/aromatic N) is 4. The zero-order chi connectivity index (χ0) is 18.0. The summed E-state index contributed by atoms with van der Waals surface area (Å²) in [6, 6.07) is 7.36. The third kappa shape index (κ3) is 3.85. The maximum absolute atomic E-state index is 11.9. The van der Waals surface area contributed by atoms with Gasteiger partial charge in [0.1, 0.15) is 30.3 Å². The molecule has 3 aromatic rings. The molecule has 0 bridgehead atoms. The number of fused-ring (bicyclic) bond motifs is 1. The number of esters is 1. The fourth-order valence-electron chi connectivity index (χ4n) is 2.35. The zero-order valence-electron chi connectivity index (χ0n) is 14.4. The van der Waals surface area contributed by atoms with Gasteiger partial charge >= 0.3 is 5.97 Å². The minimum Gasteiger partial charge on any atom is -0.459 e. The molecule has 2 heterocycles. The van der Waals surface area contributed by atoms with Crippen molar-refractivity contribution in [1.29, 1.82) is 0 Å². The summed E-state index contributed by atoms with van der Waals surface area (Å²) in [4.78, 5) is 24.6. The minimum atomic E-state index is -0.536. The topological polar surface area (TPSA) is 108 Å². The van der Waals surface area contributed by atoms with E-state index in [0.29, 0.717) is 22.7 Å². The monoisotopic (exact) mass is 340 g/mol. The lowest BCUT2D eigenvalue weighted by atomic mass is 10.2. The van der Waals surface area contributed by atoms with Crippen molar-refractivity contribution in [1.82, 2.24) is 19.5 Å². The van der Waals surface area contributed by atoms with Crippen LogP contribution in [0.4, 0.5) is 11.5 Å². The van der Waals surface area contributed by atoms with Crippen molar-refractivity contribution >= 4 is 28.6 Å². The maximum Gasteiger partial charge on any atom is 0.325 e. The van der Waals surface area contributed by atoms with Crippen molar-refractivity contribution in [3.8, 4) is 5.69 Å². The summed E-state index contributed by atoms with van der Waals surface area (Å²) in [6.07, 6.45) is 3.06. The van der Waals surface area contributed by atoms with Crippen molar-refractivity contribution in [2.75, 3.05) is 17.6 Å². The van der Waals surface area contributed by atoms with Crippen LogP contribution >= 0.6 is 0 Å². The number of benzene rings is 1. The third-order valence-electron chi connectivity index (χ3n) is 3.33. The van der Waals surface area contributed by atoms with Crippen LogP contribution in [0, 0.1) is 0 Å². The third-order valence-corrected chi connectivity index (χ3v) is 3.33. The van der Waals surface area contributed by atoms with E-state index >= 15 is 0 Å². The molecule has 0 radical (unpaired) electrons. The first-order valence-corrected chi connectivity index (χ1v) is 7.83. The number of carbonyl (C=O) groups is 1. The number of aromatic nitrogens is 4. The van der Waals surface area contributed by atoms with Crippen molar-refractivity contribution in [2.24, 2.45) is 0 Å². The number of anilines is 2. The fraction of sp³-hybridized carbons (Fsp3) is 0.294. The van der Waals surface area contributed by atoms with E-state index in [4.69, 9.17) is 10.5 Å². The minimum absolute atomic E-state index is 0.00367. The lowest BCUT2D eigenvalue weighted by Gasteiger charge is -2.19. The number of nitrogens with one attached hydrogen (secondary N) is 1. The van der Waals surface area contributed by atoms with E-state index in [1.54, 1.807) is 18.5 Å². The van der Waals surface area contributed by atoms with Crippen molar-refractivity contribution in [3.05, 3.63) is 36.9 Å². The summed E-state index contributed by atoms with van der Waals surface area (Å²) in [5.74, 6) is 0.142. The molecular formula is C17H20N6O2. The Morgan fingerprint density at radius 3 is 2.60 bits per heavy atom. The van der Waals surface area contributed by atoms with E-state index in [2.05, 4.69) is 20.3 Å². The molecule has 3 N–H and O–H groups in total. The van der Waals surface area contributed by atoms with Crippen LogP contribution < -0.4 is 11.1 Å². The molecule has 0 saturated heterocycles. The Hall–Kier alpha value is -3.16. The molecule has 0 saturated carbocycles. The van der Waals surface area contributed by atoms with E-state index in [0.717, 1.165) is 5.69 Å². The molecule has 0 aliphatic rings. The number of rotatable bonds is 4. The van der Waals surface area contributed by atoms with Gasteiger partial charge < -0.3 is 15.8 Å². The van der Waals surface area contributed by atoms with Gasteiger partial charge in [-0.05, 0) is 45.0 Å². The van der Waals surface area contributed by atoms with E-state index in [1.807, 2.05) is 37.5 Å². The fourth-order valence-corrected chi connectivity index (χ4v) is 2.35. The number of imidazole rings is 1. The Morgan fingerprint density at radius 1 is 1.20 bits per heavy atom. The molecule has 0 aliphatic heterocycles. The molecule has 25 heavy (non-hydrogen) atoms. The van der Waals surface area contributed by atoms with Crippen LogP contribution in [0.1, 0.15) is 20.8 Å². The summed E-state index contributed by atoms with van der Waals surface area (Å²) < 4.78 is 7.14. The summed E-state index contributed by atoms with van der Waals surface area (Å²) in [7, 11) is 0. The normalized spacial score (nSPS) is 11.5. The van der Waals surface area contributed by atoms with Crippen LogP contribution in [-0.2, 0) is 9.53 Å². The molecule has 0 aliphatic carbocycles. The largest absolute Gasteiger partial charge is 0.459 e. The molecular weight excluding hydrogens is 320 g/mol. The summed E-state index contributed by atoms with van der Waals surface area (Å²) in [6.45, 7) is 5.47. The highest BCUT2D eigenvalue weighted by Gasteiger charge is 2.17. The quantitative estimate of drug-likeness (QED) is 0.553. The molecule has 0 unspecified atom stereocenters. The predicted molar refractivity (Wildman–Crippen MR) is 95.4 cm³/mol. The number of nitrogens with two attached hydrogens (primary N) is 1. The van der Waals surface area contributed by atoms with Crippen LogP contribution in [0.15, 0.2) is 36.9 Å². The smallest absolute Gasteiger partial charge is 0.325 e. The highest BCUT2D eigenvalue weighted by Crippen LogP contribution is 2.23. The molecule has 3 rings (SSSR count). The number of hydrogen-bond donors (Lipinski definition) is 2. The van der Waals surface area contributed by atoms with Crippen LogP contribution in [0.5, 0.6) is 0 Å². The standard InChI is InChI=1S/C17H20N6O2/c1-17(2,3)25-13(24)8-19-15-14-16(21-9-20-15)22-10-23(14)12-6-4-11(18)5-7-12/h4-7,9-10H,8,18H2,1-3H3,(H,19,20,21). The molecule has 0 fully saturated rings. The zero-order valence-corrected chi connectivity index (χ0v) is 14.4. The molecule has 1 aromatic carbocycles. The molecule has 0 amide bonds. The van der Waals surface area contributed by atoms with E-state index in [9.17, 15) is 4.79 Å². The van der Waals surface area contributed by atoms with Gasteiger partial charge in [0.05, 0.1) is 0 Å². The lowest BCUT2D eigenvalue weighted by molar-refractivity contribution is -0.152. The van der Waals surface area contributed by atoms with Crippen molar-refractivity contribution in [2.45, 2.75) is 26.4 Å². The second-order valence-electron chi connectivity index (χ2n) is 6.54. The molecule has 8 heteroatoms. The van der Waals surface area contributed by atoms with Crippen LogP contribution in [0.25, 0.3) is 16.9 Å². The SMILES string of the molecule is CC(C)(C)OC(=O)CNc1ncnc2ncn(-c3ccc(N)cc3)c12. The maximum atomic E-state index is 11.9. The molecule has 130 valence electrons. The van der Waals surface area contributed by atoms with Gasteiger partial charge in [0.15, 0.2) is 11.5 Å². The predicted octanol–water partition coefficient (Wildman–Crippen LogP) is 2.15. The van der Waals surface area contributed by atoms with Gasteiger partial charge in [-0.3, -0.25) is 9.36 Å². The Morgan fingerprint density at radius 2 is 1.92 bits per heavy atom. The number of hydrogen-bond acceptors (Lipinski definition) is 7. The second-order valence-corrected chi connectivity index (χ2v) is 6.54. The number of nitrogen functional groups attached to an aromatic ring is 1. The first-order valence-electron chi connectivity index (χ1n) is 7.83. The van der Waals surface area contributed by atoms with Gasteiger partial charge in [-0.2, -0.15) is 0 Å². The summed E-state index contributed by atoms with van der Waals surface area (Å²) in [5.41, 5.74) is 7.95. The second kappa shape index (κ2) is 6.39. The summed E-state index contributed by atoms with van der Waals surface area (Å²) in [5, 5.41) is 3.01. The Bertz CT molecular complexity index is 896. The highest BCUT2D eigenvalue weighted by atomic mass is 16.6. The first-order chi connectivity index (χ1) is 11.8. The van der Waals surface area contributed by atoms with Crippen LogP contribution in [0.2, 0.25) is 0 Å². The molecule has 2 aromatic heterocycles. The average Bonchev–Trinajstić information content (AvgIpc) is 2.97. The van der Waals surface area contributed by atoms with Gasteiger partial charge in [-0.1, -0.05) is 0 Å². The Balaban J connectivity index is 1.90. The van der Waals surface area contributed by atoms with Gasteiger partial charge in [0.25, 0.3) is 0 Å². The van der Waals surface area contributed by atoms with Crippen molar-refractivity contribution < 1.29 is 9.53 Å². The van der Waals surface area contributed by atoms with E-state index in [1.165, 1.54) is 6.33 Å². The van der Waals surface area contributed by atoms with E-state index < -0.39 is 5.60 Å². The Kier molecular flexibility index (Phi) is 4.26. The molecule has 8 nitrogen and oxygen atoms in total. The average molecular weight is 340 g/mol. The van der Waals surface area contributed by atoms with Crippen molar-refractivity contribution in [3.63, 3.8) is 0 Å².